The van der Waals surface area contributed by atoms with Crippen LogP contribution in [0.3, 0.4) is 0 Å². The van der Waals surface area contributed by atoms with Gasteiger partial charge < -0.3 is 9.64 Å². The molecule has 1 aromatic heterocycles. The van der Waals surface area contributed by atoms with Gasteiger partial charge in [0, 0.05) is 26.2 Å². The fraction of sp³-hybridized carbons (Fsp3) is 0.450. The number of benzene rings is 1. The highest BCUT2D eigenvalue weighted by atomic mass is 16.5. The Bertz CT molecular complexity index is 804. The van der Waals surface area contributed by atoms with Crippen molar-refractivity contribution in [1.29, 1.82) is 0 Å². The second-order valence-electron chi connectivity index (χ2n) is 6.84. The van der Waals surface area contributed by atoms with Gasteiger partial charge in [0.25, 0.3) is 0 Å². The van der Waals surface area contributed by atoms with Crippen LogP contribution in [-0.4, -0.2) is 45.7 Å². The van der Waals surface area contributed by atoms with Crippen molar-refractivity contribution < 1.29 is 14.3 Å². The summed E-state index contributed by atoms with van der Waals surface area (Å²) in [6.45, 7) is 7.53. The van der Waals surface area contributed by atoms with Gasteiger partial charge in [-0.25, -0.2) is 4.79 Å². The predicted octanol–water partition coefficient (Wildman–Crippen LogP) is 3.35. The first kappa shape index (κ1) is 18.3. The molecule has 6 heteroatoms. The molecular formula is C20H25N3O3. The van der Waals surface area contributed by atoms with Crippen LogP contribution < -0.4 is 0 Å². The summed E-state index contributed by atoms with van der Waals surface area (Å²) < 4.78 is 7.31. The summed E-state index contributed by atoms with van der Waals surface area (Å²) in [6.07, 6.45) is 3.31. The van der Waals surface area contributed by atoms with Crippen molar-refractivity contribution >= 4 is 11.8 Å². The van der Waals surface area contributed by atoms with E-state index in [-0.39, 0.29) is 17.9 Å². The molecule has 1 aliphatic heterocycles. The quantitative estimate of drug-likeness (QED) is 0.789. The number of hydrogen-bond acceptors (Lipinski definition) is 4. The van der Waals surface area contributed by atoms with Crippen LogP contribution in [0.4, 0.5) is 4.79 Å². The van der Waals surface area contributed by atoms with Crippen LogP contribution in [0, 0.1) is 13.8 Å². The van der Waals surface area contributed by atoms with Gasteiger partial charge in [-0.2, -0.15) is 9.78 Å². The molecule has 6 nitrogen and oxygen atoms in total. The summed E-state index contributed by atoms with van der Waals surface area (Å²) in [4.78, 5) is 25.6. The van der Waals surface area contributed by atoms with E-state index in [4.69, 9.17) is 4.74 Å². The van der Waals surface area contributed by atoms with Gasteiger partial charge in [0.15, 0.2) is 5.78 Å². The molecule has 2 aromatic rings. The standard InChI is InChI=1S/C20H25N3O3/c1-14-5-4-6-17(15(14)2)13-26-18-7-10-22(11-8-18)20(25)23-12-9-19(21-23)16(3)24/h4-6,9,12,18H,7-8,10-11,13H2,1-3H3. The molecule has 0 aliphatic carbocycles. The number of nitrogens with zero attached hydrogens (tertiary/aromatic N) is 3. The lowest BCUT2D eigenvalue weighted by atomic mass is 10.0. The number of carbonyl (C=O) groups excluding carboxylic acids is 2. The zero-order valence-corrected chi connectivity index (χ0v) is 15.6. The van der Waals surface area contributed by atoms with Crippen LogP contribution >= 0.6 is 0 Å². The van der Waals surface area contributed by atoms with Gasteiger partial charge >= 0.3 is 6.03 Å². The van der Waals surface area contributed by atoms with E-state index in [1.807, 2.05) is 0 Å². The molecule has 0 bridgehead atoms. The molecule has 138 valence electrons. The smallest absolute Gasteiger partial charge is 0.344 e. The maximum atomic E-state index is 12.5. The highest BCUT2D eigenvalue weighted by Crippen LogP contribution is 2.19. The van der Waals surface area contributed by atoms with Crippen molar-refractivity contribution in [3.63, 3.8) is 0 Å². The number of likely N-dealkylation sites (tertiary alicyclic amines) is 1. The molecule has 0 saturated carbocycles. The zero-order valence-electron chi connectivity index (χ0n) is 15.6. The van der Waals surface area contributed by atoms with Gasteiger partial charge in [-0.3, -0.25) is 4.79 Å². The van der Waals surface area contributed by atoms with Crippen molar-refractivity contribution in [2.45, 2.75) is 46.3 Å². The Labute approximate surface area is 153 Å². The Morgan fingerprint density at radius 1 is 1.19 bits per heavy atom. The molecule has 1 aliphatic rings. The van der Waals surface area contributed by atoms with Crippen LogP contribution in [-0.2, 0) is 11.3 Å². The molecule has 0 atom stereocenters. The first-order valence-electron chi connectivity index (χ1n) is 8.98. The molecule has 1 aromatic carbocycles. The van der Waals surface area contributed by atoms with Gasteiger partial charge in [-0.1, -0.05) is 18.2 Å². The van der Waals surface area contributed by atoms with E-state index >= 15 is 0 Å². The summed E-state index contributed by atoms with van der Waals surface area (Å²) >= 11 is 0. The molecule has 0 radical (unpaired) electrons. The molecule has 26 heavy (non-hydrogen) atoms. The largest absolute Gasteiger partial charge is 0.373 e. The molecule has 1 amide bonds. The summed E-state index contributed by atoms with van der Waals surface area (Å²) in [6, 6.07) is 7.65. The van der Waals surface area contributed by atoms with Gasteiger partial charge in [0.05, 0.1) is 12.7 Å². The Kier molecular flexibility index (Phi) is 5.52. The van der Waals surface area contributed by atoms with Gasteiger partial charge in [0.1, 0.15) is 5.69 Å². The van der Waals surface area contributed by atoms with Crippen molar-refractivity contribution in [1.82, 2.24) is 14.7 Å². The van der Waals surface area contributed by atoms with E-state index in [2.05, 4.69) is 37.1 Å². The number of ketones is 1. The number of hydrogen-bond donors (Lipinski definition) is 0. The van der Waals surface area contributed by atoms with E-state index in [0.29, 0.717) is 25.4 Å². The topological polar surface area (TPSA) is 64.4 Å². The lowest BCUT2D eigenvalue weighted by Gasteiger charge is -2.31. The third kappa shape index (κ3) is 4.02. The molecule has 1 saturated heterocycles. The van der Waals surface area contributed by atoms with E-state index < -0.39 is 0 Å². The van der Waals surface area contributed by atoms with E-state index in [1.54, 1.807) is 17.2 Å². The summed E-state index contributed by atoms with van der Waals surface area (Å²) in [5.41, 5.74) is 4.08. The molecular weight excluding hydrogens is 330 g/mol. The molecule has 0 N–H and O–H groups in total. The maximum Gasteiger partial charge on any atom is 0.344 e. The highest BCUT2D eigenvalue weighted by Gasteiger charge is 2.25. The van der Waals surface area contributed by atoms with Crippen LogP contribution in [0.15, 0.2) is 30.5 Å². The minimum absolute atomic E-state index is 0.143. The normalized spacial score (nSPS) is 15.3. The summed E-state index contributed by atoms with van der Waals surface area (Å²) in [7, 11) is 0. The summed E-state index contributed by atoms with van der Waals surface area (Å²) in [5, 5.41) is 4.04. The van der Waals surface area contributed by atoms with Crippen LogP contribution in [0.2, 0.25) is 0 Å². The Morgan fingerprint density at radius 3 is 2.58 bits per heavy atom. The van der Waals surface area contributed by atoms with E-state index in [0.717, 1.165) is 12.8 Å². The van der Waals surface area contributed by atoms with Crippen molar-refractivity contribution in [3.05, 3.63) is 52.8 Å². The lowest BCUT2D eigenvalue weighted by Crippen LogP contribution is -2.43. The second kappa shape index (κ2) is 7.83. The second-order valence-corrected chi connectivity index (χ2v) is 6.84. The van der Waals surface area contributed by atoms with E-state index in [1.165, 1.54) is 28.3 Å². The van der Waals surface area contributed by atoms with Crippen molar-refractivity contribution in [2.24, 2.45) is 0 Å². The number of amides is 1. The molecule has 0 spiro atoms. The Morgan fingerprint density at radius 2 is 1.92 bits per heavy atom. The van der Waals surface area contributed by atoms with Crippen molar-refractivity contribution in [3.8, 4) is 0 Å². The van der Waals surface area contributed by atoms with Crippen LogP contribution in [0.25, 0.3) is 0 Å². The summed E-state index contributed by atoms with van der Waals surface area (Å²) in [5.74, 6) is -0.143. The van der Waals surface area contributed by atoms with Gasteiger partial charge in [0.2, 0.25) is 0 Å². The number of Topliss-reactive ketones (excluding diaryl/α,β-unsaturated/α-hetero) is 1. The number of ether oxygens (including phenoxy) is 1. The zero-order chi connectivity index (χ0) is 18.7. The van der Waals surface area contributed by atoms with E-state index in [9.17, 15) is 9.59 Å². The third-order valence-electron chi connectivity index (χ3n) is 5.05. The van der Waals surface area contributed by atoms with Crippen molar-refractivity contribution in [2.75, 3.05) is 13.1 Å². The Balaban J connectivity index is 1.51. The monoisotopic (exact) mass is 355 g/mol. The molecule has 3 rings (SSSR count). The average molecular weight is 355 g/mol. The van der Waals surface area contributed by atoms with Crippen LogP contribution in [0.5, 0.6) is 0 Å². The predicted molar refractivity (Wildman–Crippen MR) is 98.3 cm³/mol. The Hall–Kier alpha value is -2.47. The number of aromatic nitrogens is 2. The molecule has 0 unspecified atom stereocenters. The minimum atomic E-state index is -0.189. The minimum Gasteiger partial charge on any atom is -0.373 e. The fourth-order valence-corrected chi connectivity index (χ4v) is 3.15. The third-order valence-corrected chi connectivity index (χ3v) is 5.05. The number of carbonyl (C=O) groups is 2. The molecule has 1 fully saturated rings. The van der Waals surface area contributed by atoms with Gasteiger partial charge in [-0.15, -0.1) is 0 Å². The van der Waals surface area contributed by atoms with Gasteiger partial charge in [-0.05, 0) is 49.4 Å². The first-order chi connectivity index (χ1) is 12.5. The average Bonchev–Trinajstić information content (AvgIpc) is 3.13. The highest BCUT2D eigenvalue weighted by molar-refractivity contribution is 5.92. The molecule has 2 heterocycles. The lowest BCUT2D eigenvalue weighted by molar-refractivity contribution is 0.00415. The SMILES string of the molecule is CC(=O)c1ccn(C(=O)N2CCC(OCc3cccc(C)c3C)CC2)n1. The number of aryl methyl sites for hydroxylation is 1. The van der Waals surface area contributed by atoms with Crippen LogP contribution in [0.1, 0.15) is 46.9 Å². The number of piperidine rings is 1. The fourth-order valence-electron chi connectivity index (χ4n) is 3.15. The first-order valence-corrected chi connectivity index (χ1v) is 8.98. The maximum absolute atomic E-state index is 12.5. The number of rotatable bonds is 4.